The molecule has 0 N–H and O–H groups in total. The van der Waals surface area contributed by atoms with Crippen molar-refractivity contribution in [3.8, 4) is 0 Å². The van der Waals surface area contributed by atoms with Gasteiger partial charge in [0.15, 0.2) is 0 Å². The van der Waals surface area contributed by atoms with Crippen LogP contribution in [0.2, 0.25) is 0 Å². The fraction of sp³-hybridized carbons (Fsp3) is 0.500. The summed E-state index contributed by atoms with van der Waals surface area (Å²) in [6.45, 7) is 2.27. The van der Waals surface area contributed by atoms with Gasteiger partial charge in [0.25, 0.3) is 0 Å². The average molecular weight is 281 g/mol. The molecule has 2 unspecified atom stereocenters. The summed E-state index contributed by atoms with van der Waals surface area (Å²) in [5.41, 5.74) is 4.19. The van der Waals surface area contributed by atoms with E-state index in [1.54, 1.807) is 0 Å². The molecule has 2 aromatic rings. The van der Waals surface area contributed by atoms with E-state index < -0.39 is 0 Å². The van der Waals surface area contributed by atoms with E-state index in [1.807, 2.05) is 0 Å². The lowest BCUT2D eigenvalue weighted by atomic mass is 9.86. The van der Waals surface area contributed by atoms with Gasteiger partial charge in [0.05, 0.1) is 5.69 Å². The molecule has 110 valence electrons. The molecule has 1 aromatic carbocycles. The third-order valence-corrected chi connectivity index (χ3v) is 5.04. The molecule has 0 spiro atoms. The monoisotopic (exact) mass is 281 g/mol. The Morgan fingerprint density at radius 2 is 1.71 bits per heavy atom. The number of rotatable bonds is 3. The van der Waals surface area contributed by atoms with Crippen LogP contribution in [0, 0.1) is 0 Å². The molecule has 2 atom stereocenters. The predicted octanol–water partition coefficient (Wildman–Crippen LogP) is 3.11. The summed E-state index contributed by atoms with van der Waals surface area (Å²) in [5, 5.41) is 4.77. The van der Waals surface area contributed by atoms with Crippen LogP contribution in [-0.4, -0.2) is 34.8 Å². The van der Waals surface area contributed by atoms with Gasteiger partial charge >= 0.3 is 0 Å². The highest BCUT2D eigenvalue weighted by molar-refractivity contribution is 5.30. The second kappa shape index (κ2) is 4.99. The molecule has 2 fully saturated rings. The molecule has 3 heteroatoms. The van der Waals surface area contributed by atoms with Gasteiger partial charge in [-0.2, -0.15) is 5.10 Å². The van der Waals surface area contributed by atoms with Gasteiger partial charge < -0.3 is 4.90 Å². The van der Waals surface area contributed by atoms with E-state index in [2.05, 4.69) is 60.1 Å². The van der Waals surface area contributed by atoms with Gasteiger partial charge in [-0.25, -0.2) is 0 Å². The number of aryl methyl sites for hydroxylation is 1. The van der Waals surface area contributed by atoms with Crippen molar-refractivity contribution in [3.05, 3.63) is 53.3 Å². The Kier molecular flexibility index (Phi) is 3.11. The first kappa shape index (κ1) is 13.1. The van der Waals surface area contributed by atoms with Crippen LogP contribution in [0.3, 0.4) is 0 Å². The Morgan fingerprint density at radius 3 is 2.43 bits per heavy atom. The lowest BCUT2D eigenvalue weighted by Gasteiger charge is -2.19. The van der Waals surface area contributed by atoms with Crippen LogP contribution >= 0.6 is 0 Å². The molecule has 4 rings (SSSR count). The zero-order valence-electron chi connectivity index (χ0n) is 12.9. The molecule has 1 saturated carbocycles. The molecule has 2 aliphatic rings. The lowest BCUT2D eigenvalue weighted by Crippen LogP contribution is -2.14. The zero-order chi connectivity index (χ0) is 14.4. The molecular weight excluding hydrogens is 258 g/mol. The zero-order valence-corrected chi connectivity index (χ0v) is 12.9. The van der Waals surface area contributed by atoms with Gasteiger partial charge in [-0.05, 0) is 31.5 Å². The summed E-state index contributed by atoms with van der Waals surface area (Å²) in [4.78, 5) is 2.45. The summed E-state index contributed by atoms with van der Waals surface area (Å²) in [7, 11) is 4.34. The molecule has 0 radical (unpaired) electrons. The number of hydrogen-bond donors (Lipinski definition) is 0. The SMILES string of the molecule is CN1CC(c2ccccc2)C(c2cc(C3CC3)nn2C)C1. The first-order valence-electron chi connectivity index (χ1n) is 7.99. The normalized spacial score (nSPS) is 26.4. The maximum Gasteiger partial charge on any atom is 0.0658 e. The van der Waals surface area contributed by atoms with Crippen molar-refractivity contribution in [1.29, 1.82) is 0 Å². The third kappa shape index (κ3) is 2.40. The van der Waals surface area contributed by atoms with Crippen LogP contribution in [0.25, 0.3) is 0 Å². The summed E-state index contributed by atoms with van der Waals surface area (Å²) < 4.78 is 2.13. The van der Waals surface area contributed by atoms with E-state index in [4.69, 9.17) is 5.10 Å². The number of likely N-dealkylation sites (N-methyl/N-ethyl adjacent to an activating group) is 1. The minimum absolute atomic E-state index is 0.558. The van der Waals surface area contributed by atoms with E-state index >= 15 is 0 Å². The average Bonchev–Trinajstić information content (AvgIpc) is 3.17. The second-order valence-corrected chi connectivity index (χ2v) is 6.74. The minimum Gasteiger partial charge on any atom is -0.305 e. The molecule has 0 amide bonds. The Bertz CT molecular complexity index is 627. The van der Waals surface area contributed by atoms with Crippen molar-refractivity contribution in [1.82, 2.24) is 14.7 Å². The Morgan fingerprint density at radius 1 is 1.00 bits per heavy atom. The molecule has 1 aliphatic heterocycles. The van der Waals surface area contributed by atoms with Crippen molar-refractivity contribution in [3.63, 3.8) is 0 Å². The maximum absolute atomic E-state index is 4.77. The van der Waals surface area contributed by atoms with Crippen molar-refractivity contribution in [2.24, 2.45) is 7.05 Å². The lowest BCUT2D eigenvalue weighted by molar-refractivity contribution is 0.406. The first-order chi connectivity index (χ1) is 10.2. The van der Waals surface area contributed by atoms with Crippen molar-refractivity contribution in [2.75, 3.05) is 20.1 Å². The quantitative estimate of drug-likeness (QED) is 0.862. The fourth-order valence-corrected chi connectivity index (χ4v) is 3.77. The number of likely N-dealkylation sites (tertiary alicyclic amines) is 1. The highest BCUT2D eigenvalue weighted by Crippen LogP contribution is 2.43. The molecule has 2 heterocycles. The van der Waals surface area contributed by atoms with Gasteiger partial charge in [-0.1, -0.05) is 30.3 Å². The van der Waals surface area contributed by atoms with Crippen LogP contribution in [0.5, 0.6) is 0 Å². The van der Waals surface area contributed by atoms with Crippen LogP contribution in [0.4, 0.5) is 0 Å². The highest BCUT2D eigenvalue weighted by Gasteiger charge is 2.36. The maximum atomic E-state index is 4.77. The molecule has 1 aliphatic carbocycles. The largest absolute Gasteiger partial charge is 0.305 e. The highest BCUT2D eigenvalue weighted by atomic mass is 15.3. The Balaban J connectivity index is 1.68. The van der Waals surface area contributed by atoms with Crippen molar-refractivity contribution < 1.29 is 0 Å². The molecule has 0 bridgehead atoms. The first-order valence-corrected chi connectivity index (χ1v) is 7.99. The van der Waals surface area contributed by atoms with E-state index in [9.17, 15) is 0 Å². The summed E-state index contributed by atoms with van der Waals surface area (Å²) in [6.07, 6.45) is 2.65. The smallest absolute Gasteiger partial charge is 0.0658 e. The third-order valence-electron chi connectivity index (χ3n) is 5.04. The van der Waals surface area contributed by atoms with E-state index in [1.165, 1.54) is 29.8 Å². The van der Waals surface area contributed by atoms with E-state index in [0.717, 1.165) is 19.0 Å². The summed E-state index contributed by atoms with van der Waals surface area (Å²) in [6, 6.07) is 13.3. The molecule has 21 heavy (non-hydrogen) atoms. The standard InChI is InChI=1S/C18H23N3/c1-20-11-15(13-6-4-3-5-7-13)16(12-20)18-10-17(14-8-9-14)19-21(18)2/h3-7,10,14-16H,8-9,11-12H2,1-2H3. The van der Waals surface area contributed by atoms with E-state index in [-0.39, 0.29) is 0 Å². The van der Waals surface area contributed by atoms with Gasteiger partial charge in [0, 0.05) is 43.6 Å². The minimum atomic E-state index is 0.558. The molecule has 3 nitrogen and oxygen atoms in total. The second-order valence-electron chi connectivity index (χ2n) is 6.74. The van der Waals surface area contributed by atoms with E-state index in [0.29, 0.717) is 11.8 Å². The van der Waals surface area contributed by atoms with Crippen LogP contribution in [0.1, 0.15) is 47.5 Å². The molecular formula is C18H23N3. The number of benzene rings is 1. The van der Waals surface area contributed by atoms with Crippen LogP contribution in [0.15, 0.2) is 36.4 Å². The van der Waals surface area contributed by atoms with Crippen molar-refractivity contribution >= 4 is 0 Å². The summed E-state index contributed by atoms with van der Waals surface area (Å²) in [5.74, 6) is 1.88. The molecule has 1 saturated heterocycles. The van der Waals surface area contributed by atoms with Gasteiger partial charge in [0.1, 0.15) is 0 Å². The number of hydrogen-bond acceptors (Lipinski definition) is 2. The van der Waals surface area contributed by atoms with Gasteiger partial charge in [0.2, 0.25) is 0 Å². The number of nitrogens with zero attached hydrogens (tertiary/aromatic N) is 3. The van der Waals surface area contributed by atoms with Gasteiger partial charge in [-0.3, -0.25) is 4.68 Å². The Hall–Kier alpha value is -1.61. The van der Waals surface area contributed by atoms with Gasteiger partial charge in [-0.15, -0.1) is 0 Å². The fourth-order valence-electron chi connectivity index (χ4n) is 3.77. The molecule has 1 aromatic heterocycles. The Labute approximate surface area is 126 Å². The predicted molar refractivity (Wildman–Crippen MR) is 84.6 cm³/mol. The van der Waals surface area contributed by atoms with Crippen molar-refractivity contribution in [2.45, 2.75) is 30.6 Å². The summed E-state index contributed by atoms with van der Waals surface area (Å²) >= 11 is 0. The van der Waals surface area contributed by atoms with Crippen LogP contribution in [-0.2, 0) is 7.05 Å². The number of aromatic nitrogens is 2. The van der Waals surface area contributed by atoms with Crippen LogP contribution < -0.4 is 0 Å². The topological polar surface area (TPSA) is 21.1 Å².